The van der Waals surface area contributed by atoms with Crippen LogP contribution in [0.25, 0.3) is 10.4 Å². The Morgan fingerprint density at radius 3 is 3.00 bits per heavy atom. The zero-order chi connectivity index (χ0) is 10.1. The van der Waals surface area contributed by atoms with Crippen molar-refractivity contribution in [3.8, 4) is 10.4 Å². The lowest BCUT2D eigenvalue weighted by Crippen LogP contribution is -1.98. The van der Waals surface area contributed by atoms with Gasteiger partial charge in [-0.05, 0) is 18.4 Å². The van der Waals surface area contributed by atoms with Gasteiger partial charge in [0.15, 0.2) is 5.69 Å². The second-order valence-corrected chi connectivity index (χ2v) is 3.80. The van der Waals surface area contributed by atoms with Crippen LogP contribution in [0.1, 0.15) is 16.2 Å². The fourth-order valence-electron chi connectivity index (χ4n) is 1.31. The first kappa shape index (κ1) is 8.96. The van der Waals surface area contributed by atoms with Crippen LogP contribution in [0.15, 0.2) is 17.5 Å². The molecule has 5 heteroatoms. The van der Waals surface area contributed by atoms with Gasteiger partial charge in [-0.25, -0.2) is 4.79 Å². The third-order valence-electron chi connectivity index (χ3n) is 1.92. The Morgan fingerprint density at radius 1 is 1.64 bits per heavy atom. The summed E-state index contributed by atoms with van der Waals surface area (Å²) < 4.78 is 0. The number of rotatable bonds is 2. The lowest BCUT2D eigenvalue weighted by molar-refractivity contribution is 0.0691. The monoisotopic (exact) mass is 208 g/mol. The van der Waals surface area contributed by atoms with Gasteiger partial charge in [0.1, 0.15) is 0 Å². The Hall–Kier alpha value is -1.62. The summed E-state index contributed by atoms with van der Waals surface area (Å²) in [7, 11) is 0. The zero-order valence-electron chi connectivity index (χ0n) is 7.44. The fraction of sp³-hybridized carbons (Fsp3) is 0.111. The number of aromatic amines is 1. The zero-order valence-corrected chi connectivity index (χ0v) is 8.26. The number of nitrogens with zero attached hydrogens (tertiary/aromatic N) is 1. The number of thiophene rings is 1. The van der Waals surface area contributed by atoms with Crippen molar-refractivity contribution in [2.75, 3.05) is 0 Å². The van der Waals surface area contributed by atoms with Crippen LogP contribution in [-0.2, 0) is 0 Å². The van der Waals surface area contributed by atoms with Gasteiger partial charge in [0.2, 0.25) is 0 Å². The van der Waals surface area contributed by atoms with Crippen molar-refractivity contribution in [3.63, 3.8) is 0 Å². The quantitative estimate of drug-likeness (QED) is 0.794. The predicted octanol–water partition coefficient (Wildman–Crippen LogP) is 2.14. The molecule has 72 valence electrons. The van der Waals surface area contributed by atoms with Gasteiger partial charge in [-0.2, -0.15) is 5.10 Å². The molecule has 0 amide bonds. The fourth-order valence-corrected chi connectivity index (χ4v) is 2.13. The van der Waals surface area contributed by atoms with Crippen molar-refractivity contribution in [1.29, 1.82) is 0 Å². The van der Waals surface area contributed by atoms with Crippen LogP contribution < -0.4 is 0 Å². The van der Waals surface area contributed by atoms with Crippen molar-refractivity contribution < 1.29 is 9.90 Å². The van der Waals surface area contributed by atoms with Gasteiger partial charge in [0.05, 0.1) is 0 Å². The largest absolute Gasteiger partial charge is 0.476 e. The summed E-state index contributed by atoms with van der Waals surface area (Å²) in [6, 6.07) is 3.77. The molecule has 0 fully saturated rings. The average molecular weight is 208 g/mol. The summed E-state index contributed by atoms with van der Waals surface area (Å²) in [6.45, 7) is 1.81. The molecule has 2 aromatic heterocycles. The number of carboxylic acid groups (broad SMARTS) is 1. The number of aromatic nitrogens is 2. The first-order valence-electron chi connectivity index (χ1n) is 4.02. The van der Waals surface area contributed by atoms with E-state index in [4.69, 9.17) is 5.11 Å². The molecule has 0 unspecified atom stereocenters. The minimum atomic E-state index is -1.00. The van der Waals surface area contributed by atoms with Gasteiger partial charge in [0, 0.05) is 16.1 Å². The highest BCUT2D eigenvalue weighted by molar-refractivity contribution is 7.13. The Kier molecular flexibility index (Phi) is 2.09. The van der Waals surface area contributed by atoms with E-state index in [1.807, 2.05) is 24.4 Å². The number of aryl methyl sites for hydroxylation is 1. The highest BCUT2D eigenvalue weighted by Gasteiger charge is 2.18. The number of aromatic carboxylic acids is 1. The first-order valence-corrected chi connectivity index (χ1v) is 4.90. The summed E-state index contributed by atoms with van der Waals surface area (Å²) in [5, 5.41) is 17.2. The second kappa shape index (κ2) is 3.26. The first-order chi connectivity index (χ1) is 6.70. The van der Waals surface area contributed by atoms with E-state index < -0.39 is 5.97 Å². The van der Waals surface area contributed by atoms with Gasteiger partial charge in [-0.15, -0.1) is 11.3 Å². The number of H-pyrrole nitrogens is 1. The average Bonchev–Trinajstić information content (AvgIpc) is 2.71. The van der Waals surface area contributed by atoms with Crippen LogP contribution in [-0.4, -0.2) is 21.3 Å². The molecule has 0 spiro atoms. The Balaban J connectivity index is 2.62. The third kappa shape index (κ3) is 1.31. The molecular weight excluding hydrogens is 200 g/mol. The maximum absolute atomic E-state index is 10.9. The van der Waals surface area contributed by atoms with Crippen molar-refractivity contribution >= 4 is 17.3 Å². The van der Waals surface area contributed by atoms with E-state index in [-0.39, 0.29) is 5.69 Å². The molecule has 0 radical (unpaired) electrons. The summed E-state index contributed by atoms with van der Waals surface area (Å²) in [4.78, 5) is 11.8. The molecule has 2 rings (SSSR count). The smallest absolute Gasteiger partial charge is 0.357 e. The number of carbonyl (C=O) groups is 1. The van der Waals surface area contributed by atoms with E-state index in [0.29, 0.717) is 5.56 Å². The van der Waals surface area contributed by atoms with Crippen LogP contribution in [0.4, 0.5) is 0 Å². The molecule has 0 atom stereocenters. The highest BCUT2D eigenvalue weighted by atomic mass is 32.1. The molecule has 0 aliphatic heterocycles. The number of hydrogen-bond donors (Lipinski definition) is 2. The van der Waals surface area contributed by atoms with Gasteiger partial charge >= 0.3 is 5.97 Å². The summed E-state index contributed by atoms with van der Waals surface area (Å²) in [6.07, 6.45) is 0. The molecular formula is C9H8N2O2S. The van der Waals surface area contributed by atoms with E-state index in [1.165, 1.54) is 11.3 Å². The Bertz CT molecular complexity index is 459. The molecule has 0 aromatic carbocycles. The Morgan fingerprint density at radius 2 is 2.43 bits per heavy atom. The van der Waals surface area contributed by atoms with Gasteiger partial charge in [-0.3, -0.25) is 5.10 Å². The topological polar surface area (TPSA) is 66.0 Å². The maximum atomic E-state index is 10.9. The summed E-state index contributed by atoms with van der Waals surface area (Å²) >= 11 is 1.50. The number of carboxylic acids is 1. The molecule has 0 aliphatic carbocycles. The van der Waals surface area contributed by atoms with Crippen LogP contribution in [0, 0.1) is 6.92 Å². The normalized spacial score (nSPS) is 10.4. The molecule has 0 saturated heterocycles. The van der Waals surface area contributed by atoms with Gasteiger partial charge < -0.3 is 5.11 Å². The predicted molar refractivity (Wildman–Crippen MR) is 53.6 cm³/mol. The molecule has 0 aliphatic rings. The van der Waals surface area contributed by atoms with Crippen LogP contribution in [0.2, 0.25) is 0 Å². The van der Waals surface area contributed by atoms with E-state index >= 15 is 0 Å². The van der Waals surface area contributed by atoms with Crippen molar-refractivity contribution in [3.05, 3.63) is 28.9 Å². The molecule has 14 heavy (non-hydrogen) atoms. The SMILES string of the molecule is Cc1[nH]nc(C(=O)O)c1-c1cccs1. The molecule has 2 N–H and O–H groups in total. The summed E-state index contributed by atoms with van der Waals surface area (Å²) in [5.74, 6) is -1.00. The van der Waals surface area contributed by atoms with Crippen molar-refractivity contribution in [1.82, 2.24) is 10.2 Å². The minimum Gasteiger partial charge on any atom is -0.476 e. The molecule has 2 heterocycles. The van der Waals surface area contributed by atoms with E-state index in [2.05, 4.69) is 10.2 Å². The number of hydrogen-bond acceptors (Lipinski definition) is 3. The minimum absolute atomic E-state index is 0.0879. The molecule has 0 bridgehead atoms. The highest BCUT2D eigenvalue weighted by Crippen LogP contribution is 2.29. The van der Waals surface area contributed by atoms with Crippen LogP contribution >= 0.6 is 11.3 Å². The second-order valence-electron chi connectivity index (χ2n) is 2.85. The Labute approximate surface area is 84.2 Å². The molecule has 2 aromatic rings. The summed E-state index contributed by atoms with van der Waals surface area (Å²) in [5.41, 5.74) is 1.56. The molecule has 0 saturated carbocycles. The lowest BCUT2D eigenvalue weighted by Gasteiger charge is -1.95. The van der Waals surface area contributed by atoms with E-state index in [0.717, 1.165) is 10.6 Å². The van der Waals surface area contributed by atoms with Crippen LogP contribution in [0.3, 0.4) is 0 Å². The maximum Gasteiger partial charge on any atom is 0.357 e. The van der Waals surface area contributed by atoms with Crippen molar-refractivity contribution in [2.45, 2.75) is 6.92 Å². The standard InChI is InChI=1S/C9H8N2O2S/c1-5-7(6-3-2-4-14-6)8(9(12)13)11-10-5/h2-4H,1H3,(H,10,11)(H,12,13). The number of nitrogens with one attached hydrogen (secondary N) is 1. The van der Waals surface area contributed by atoms with Crippen molar-refractivity contribution in [2.24, 2.45) is 0 Å². The van der Waals surface area contributed by atoms with E-state index in [1.54, 1.807) is 0 Å². The van der Waals surface area contributed by atoms with Gasteiger partial charge in [-0.1, -0.05) is 6.07 Å². The third-order valence-corrected chi connectivity index (χ3v) is 2.80. The lowest BCUT2D eigenvalue weighted by atomic mass is 10.1. The van der Waals surface area contributed by atoms with Gasteiger partial charge in [0.25, 0.3) is 0 Å². The molecule has 4 nitrogen and oxygen atoms in total. The van der Waals surface area contributed by atoms with E-state index in [9.17, 15) is 4.79 Å². The van der Waals surface area contributed by atoms with Crippen LogP contribution in [0.5, 0.6) is 0 Å².